The summed E-state index contributed by atoms with van der Waals surface area (Å²) in [6.45, 7) is 0. The minimum atomic E-state index is 0.527. The molecule has 100 valence electrons. The molecular formula is C14H12N4S2. The van der Waals surface area contributed by atoms with Gasteiger partial charge in [0.2, 0.25) is 5.95 Å². The molecular weight excluding hydrogens is 288 g/mol. The first kappa shape index (κ1) is 12.0. The maximum absolute atomic E-state index is 4.68. The summed E-state index contributed by atoms with van der Waals surface area (Å²) in [5.41, 5.74) is 3.94. The fourth-order valence-electron chi connectivity index (χ4n) is 1.99. The molecule has 20 heavy (non-hydrogen) atoms. The molecule has 0 bridgehead atoms. The van der Waals surface area contributed by atoms with Crippen molar-refractivity contribution in [1.82, 2.24) is 15.2 Å². The van der Waals surface area contributed by atoms with Crippen LogP contribution in [-0.4, -0.2) is 21.2 Å². The molecule has 0 unspecified atom stereocenters. The summed E-state index contributed by atoms with van der Waals surface area (Å²) in [5, 5.41) is 20.2. The van der Waals surface area contributed by atoms with Crippen molar-refractivity contribution in [2.45, 2.75) is 18.9 Å². The monoisotopic (exact) mass is 300 g/mol. The third-order valence-corrected chi connectivity index (χ3v) is 4.55. The fraction of sp³-hybridized carbons (Fsp3) is 0.214. The second-order valence-electron chi connectivity index (χ2n) is 4.78. The van der Waals surface area contributed by atoms with Gasteiger partial charge in [0, 0.05) is 27.9 Å². The highest BCUT2D eigenvalue weighted by Gasteiger charge is 2.23. The molecule has 4 nitrogen and oxygen atoms in total. The van der Waals surface area contributed by atoms with E-state index < -0.39 is 0 Å². The lowest BCUT2D eigenvalue weighted by molar-refractivity contribution is 0.954. The van der Waals surface area contributed by atoms with Crippen LogP contribution in [0.5, 0.6) is 0 Å². The summed E-state index contributed by atoms with van der Waals surface area (Å²) in [6, 6.07) is 4.66. The van der Waals surface area contributed by atoms with Crippen molar-refractivity contribution < 1.29 is 0 Å². The van der Waals surface area contributed by atoms with Crippen LogP contribution in [0.2, 0.25) is 0 Å². The number of hydrogen-bond donors (Lipinski definition) is 1. The van der Waals surface area contributed by atoms with E-state index in [4.69, 9.17) is 0 Å². The van der Waals surface area contributed by atoms with Gasteiger partial charge in [0.15, 0.2) is 0 Å². The van der Waals surface area contributed by atoms with Crippen LogP contribution in [0.1, 0.15) is 12.8 Å². The Bertz CT molecular complexity index is 703. The molecule has 0 atom stereocenters. The van der Waals surface area contributed by atoms with Gasteiger partial charge in [-0.1, -0.05) is 0 Å². The molecule has 0 amide bonds. The molecule has 6 heteroatoms. The minimum absolute atomic E-state index is 0.527. The molecule has 0 spiro atoms. The summed E-state index contributed by atoms with van der Waals surface area (Å²) in [5.74, 6) is 0.632. The quantitative estimate of drug-likeness (QED) is 0.794. The summed E-state index contributed by atoms with van der Waals surface area (Å²) in [7, 11) is 0. The average molecular weight is 300 g/mol. The molecule has 1 aliphatic rings. The SMILES string of the molecule is c1cc(-c2nnc(NC3CC3)nc2-c2ccsc2)cs1. The number of anilines is 1. The zero-order valence-corrected chi connectivity index (χ0v) is 12.2. The molecule has 0 radical (unpaired) electrons. The molecule has 4 rings (SSSR count). The Morgan fingerprint density at radius 1 is 0.950 bits per heavy atom. The molecule has 1 N–H and O–H groups in total. The van der Waals surface area contributed by atoms with Crippen LogP contribution in [-0.2, 0) is 0 Å². The zero-order valence-electron chi connectivity index (χ0n) is 10.6. The van der Waals surface area contributed by atoms with Gasteiger partial charge in [-0.05, 0) is 35.7 Å². The van der Waals surface area contributed by atoms with E-state index >= 15 is 0 Å². The third kappa shape index (κ3) is 2.32. The predicted octanol–water partition coefficient (Wildman–Crippen LogP) is 3.90. The highest BCUT2D eigenvalue weighted by Crippen LogP contribution is 2.32. The van der Waals surface area contributed by atoms with Crippen LogP contribution in [0, 0.1) is 0 Å². The summed E-state index contributed by atoms with van der Waals surface area (Å²) in [4.78, 5) is 4.68. The van der Waals surface area contributed by atoms with Crippen molar-refractivity contribution in [3.8, 4) is 22.5 Å². The number of rotatable bonds is 4. The Kier molecular flexibility index (Phi) is 2.97. The highest BCUT2D eigenvalue weighted by molar-refractivity contribution is 7.08. The van der Waals surface area contributed by atoms with Crippen molar-refractivity contribution in [2.24, 2.45) is 0 Å². The van der Waals surface area contributed by atoms with Gasteiger partial charge in [0.1, 0.15) is 11.4 Å². The highest BCUT2D eigenvalue weighted by atomic mass is 32.1. The van der Waals surface area contributed by atoms with E-state index in [0.29, 0.717) is 12.0 Å². The van der Waals surface area contributed by atoms with Gasteiger partial charge >= 0.3 is 0 Å². The third-order valence-electron chi connectivity index (χ3n) is 3.19. The average Bonchev–Trinajstić information content (AvgIpc) is 3.00. The predicted molar refractivity (Wildman–Crippen MR) is 83.1 cm³/mol. The summed E-state index contributed by atoms with van der Waals surface area (Å²) < 4.78 is 0. The van der Waals surface area contributed by atoms with Crippen molar-refractivity contribution in [3.63, 3.8) is 0 Å². The molecule has 3 aromatic rings. The summed E-state index contributed by atoms with van der Waals surface area (Å²) in [6.07, 6.45) is 2.40. The fourth-order valence-corrected chi connectivity index (χ4v) is 3.27. The van der Waals surface area contributed by atoms with Gasteiger partial charge in [-0.3, -0.25) is 0 Å². The first-order valence-electron chi connectivity index (χ1n) is 6.46. The minimum Gasteiger partial charge on any atom is -0.350 e. The lowest BCUT2D eigenvalue weighted by Gasteiger charge is -2.07. The van der Waals surface area contributed by atoms with Crippen LogP contribution < -0.4 is 5.32 Å². The van der Waals surface area contributed by atoms with Crippen molar-refractivity contribution in [2.75, 3.05) is 5.32 Å². The van der Waals surface area contributed by atoms with Gasteiger partial charge < -0.3 is 5.32 Å². The number of hydrogen-bond acceptors (Lipinski definition) is 6. The standard InChI is InChI=1S/C14H12N4S2/c1-2-11(1)15-14-16-12(9-3-5-19-7-9)13(17-18-14)10-4-6-20-8-10/h3-8,11H,1-2H2,(H,15,16,18). The summed E-state index contributed by atoms with van der Waals surface area (Å²) >= 11 is 3.32. The van der Waals surface area contributed by atoms with Crippen molar-refractivity contribution in [3.05, 3.63) is 33.7 Å². The second-order valence-corrected chi connectivity index (χ2v) is 6.34. The topological polar surface area (TPSA) is 50.7 Å². The number of aromatic nitrogens is 3. The molecule has 1 fully saturated rings. The lowest BCUT2D eigenvalue weighted by Crippen LogP contribution is -2.08. The van der Waals surface area contributed by atoms with E-state index in [1.165, 1.54) is 12.8 Å². The smallest absolute Gasteiger partial charge is 0.243 e. The number of thiophene rings is 2. The molecule has 0 aromatic carbocycles. The Balaban J connectivity index is 1.81. The van der Waals surface area contributed by atoms with Gasteiger partial charge in [0.25, 0.3) is 0 Å². The zero-order chi connectivity index (χ0) is 13.4. The van der Waals surface area contributed by atoms with Gasteiger partial charge in [-0.25, -0.2) is 4.98 Å². The largest absolute Gasteiger partial charge is 0.350 e. The van der Waals surface area contributed by atoms with Crippen molar-refractivity contribution in [1.29, 1.82) is 0 Å². The number of nitrogens with one attached hydrogen (secondary N) is 1. The van der Waals surface area contributed by atoms with Gasteiger partial charge in [-0.2, -0.15) is 22.7 Å². The van der Waals surface area contributed by atoms with E-state index in [1.54, 1.807) is 22.7 Å². The maximum atomic E-state index is 4.68. The van der Waals surface area contributed by atoms with Crippen LogP contribution in [0.25, 0.3) is 22.5 Å². The molecule has 0 saturated heterocycles. The van der Waals surface area contributed by atoms with Gasteiger partial charge in [-0.15, -0.1) is 10.2 Å². The number of nitrogens with zero attached hydrogens (tertiary/aromatic N) is 3. The van der Waals surface area contributed by atoms with Crippen LogP contribution in [0.3, 0.4) is 0 Å². The van der Waals surface area contributed by atoms with Crippen LogP contribution in [0.15, 0.2) is 33.7 Å². The van der Waals surface area contributed by atoms with Gasteiger partial charge in [0.05, 0.1) is 0 Å². The van der Waals surface area contributed by atoms with Crippen molar-refractivity contribution >= 4 is 28.6 Å². The van der Waals surface area contributed by atoms with E-state index in [-0.39, 0.29) is 0 Å². The van der Waals surface area contributed by atoms with Crippen LogP contribution >= 0.6 is 22.7 Å². The molecule has 0 aliphatic heterocycles. The van der Waals surface area contributed by atoms with E-state index in [2.05, 4.69) is 48.8 Å². The Morgan fingerprint density at radius 2 is 1.65 bits per heavy atom. The molecule has 1 saturated carbocycles. The lowest BCUT2D eigenvalue weighted by atomic mass is 10.1. The molecule has 1 aliphatic carbocycles. The van der Waals surface area contributed by atoms with E-state index in [1.807, 2.05) is 5.38 Å². The normalized spacial score (nSPS) is 14.4. The second kappa shape index (κ2) is 4.96. The van der Waals surface area contributed by atoms with E-state index in [9.17, 15) is 0 Å². The van der Waals surface area contributed by atoms with Crippen LogP contribution in [0.4, 0.5) is 5.95 Å². The Labute approximate surface area is 124 Å². The Morgan fingerprint density at radius 3 is 2.25 bits per heavy atom. The van der Waals surface area contributed by atoms with E-state index in [0.717, 1.165) is 22.5 Å². The Hall–Kier alpha value is -1.79. The molecule has 3 aromatic heterocycles. The maximum Gasteiger partial charge on any atom is 0.243 e. The first-order chi connectivity index (χ1) is 9.90. The first-order valence-corrected chi connectivity index (χ1v) is 8.35. The molecule has 3 heterocycles.